The van der Waals surface area contributed by atoms with Gasteiger partial charge in [-0.15, -0.1) is 11.3 Å². The van der Waals surface area contributed by atoms with Gasteiger partial charge >= 0.3 is 18.1 Å². The zero-order valence-corrected chi connectivity index (χ0v) is 21.1. The molecule has 3 fully saturated rings. The van der Waals surface area contributed by atoms with E-state index in [4.69, 9.17) is 9.57 Å². The number of hydrogen-bond acceptors (Lipinski definition) is 10. The number of β-lactam (4-membered cyclic amide) rings is 1. The molecule has 5 N–H and O–H groups in total. The molecule has 4 rings (SSSR count). The number of amides is 5. The topological polar surface area (TPSA) is 201 Å². The van der Waals surface area contributed by atoms with Gasteiger partial charge < -0.3 is 35.5 Å². The lowest BCUT2D eigenvalue weighted by molar-refractivity contribution is -0.153. The number of carbonyl (C=O) groups is 5. The second-order valence-electron chi connectivity index (χ2n) is 9.74. The first kappa shape index (κ1) is 26.1. The molecule has 0 unspecified atom stereocenters. The number of oxime groups is 1. The molecule has 0 radical (unpaired) electrons. The zero-order chi connectivity index (χ0) is 27.0. The number of rotatable bonds is 9. The molecule has 1 aromatic rings. The summed E-state index contributed by atoms with van der Waals surface area (Å²) in [5, 5.41) is 25.0. The van der Waals surface area contributed by atoms with E-state index in [9.17, 15) is 29.1 Å². The molecule has 1 aliphatic carbocycles. The van der Waals surface area contributed by atoms with Crippen molar-refractivity contribution in [2.45, 2.75) is 56.9 Å². The first-order chi connectivity index (χ1) is 17.4. The third-order valence-corrected chi connectivity index (χ3v) is 6.39. The number of carboxylic acid groups (broad SMARTS) is 1. The van der Waals surface area contributed by atoms with Gasteiger partial charge in [-0.1, -0.05) is 5.16 Å². The second kappa shape index (κ2) is 9.84. The monoisotopic (exact) mass is 537 g/mol. The molecule has 0 bridgehead atoms. The van der Waals surface area contributed by atoms with Gasteiger partial charge in [0.1, 0.15) is 17.3 Å². The lowest BCUT2D eigenvalue weighted by atomic mass is 9.98. The lowest BCUT2D eigenvalue weighted by Gasteiger charge is -2.38. The zero-order valence-electron chi connectivity index (χ0n) is 20.3. The molecular weight excluding hydrogens is 510 g/mol. The van der Waals surface area contributed by atoms with Crippen LogP contribution in [0.15, 0.2) is 10.5 Å². The first-order valence-corrected chi connectivity index (χ1v) is 12.3. The fraction of sp³-hybridized carbons (Fsp3) is 0.571. The molecule has 0 aromatic carbocycles. The number of carbonyl (C=O) groups excluding carboxylic acids is 4. The molecule has 1 saturated carbocycles. The highest BCUT2D eigenvalue weighted by Gasteiger charge is 2.55. The predicted molar refractivity (Wildman–Crippen MR) is 128 cm³/mol. The van der Waals surface area contributed by atoms with Crippen molar-refractivity contribution in [1.82, 2.24) is 25.8 Å². The van der Waals surface area contributed by atoms with E-state index in [1.165, 1.54) is 10.3 Å². The highest BCUT2D eigenvalue weighted by atomic mass is 32.1. The van der Waals surface area contributed by atoms with Crippen LogP contribution in [0.3, 0.4) is 0 Å². The Kier molecular flexibility index (Phi) is 6.94. The molecule has 3 heterocycles. The summed E-state index contributed by atoms with van der Waals surface area (Å²) in [6.45, 7) is 6.23. The quantitative estimate of drug-likeness (QED) is 0.161. The molecule has 1 aromatic heterocycles. The van der Waals surface area contributed by atoms with Gasteiger partial charge in [0.15, 0.2) is 10.8 Å². The Bertz CT molecular complexity index is 1160. The minimum atomic E-state index is -1.53. The average molecular weight is 538 g/mol. The van der Waals surface area contributed by atoms with Crippen molar-refractivity contribution in [3.8, 4) is 0 Å². The van der Waals surface area contributed by atoms with E-state index in [2.05, 4.69) is 31.4 Å². The van der Waals surface area contributed by atoms with Gasteiger partial charge in [-0.05, 0) is 20.8 Å². The Morgan fingerprint density at radius 1 is 1.32 bits per heavy atom. The number of nitrogens with one attached hydrogen (secondary N) is 4. The Balaban J connectivity index is 1.49. The van der Waals surface area contributed by atoms with Crippen molar-refractivity contribution in [3.05, 3.63) is 11.1 Å². The van der Waals surface area contributed by atoms with E-state index >= 15 is 0 Å². The van der Waals surface area contributed by atoms with Gasteiger partial charge in [0, 0.05) is 37.9 Å². The summed E-state index contributed by atoms with van der Waals surface area (Å²) >= 11 is 0.980. The maximum atomic E-state index is 13.2. The number of carboxylic acids is 1. The van der Waals surface area contributed by atoms with E-state index < -0.39 is 47.2 Å². The maximum Gasteiger partial charge on any atom is 0.413 e. The van der Waals surface area contributed by atoms with Crippen molar-refractivity contribution in [2.75, 3.05) is 25.0 Å². The molecule has 2 atom stereocenters. The summed E-state index contributed by atoms with van der Waals surface area (Å²) < 4.78 is 5.19. The van der Waals surface area contributed by atoms with Crippen LogP contribution < -0.4 is 21.3 Å². The molecule has 5 amide bonds. The van der Waals surface area contributed by atoms with Gasteiger partial charge in [0.25, 0.3) is 5.91 Å². The van der Waals surface area contributed by atoms with Crippen LogP contribution in [0, 0.1) is 0 Å². The average Bonchev–Trinajstić information content (AvgIpc) is 3.29. The smallest absolute Gasteiger partial charge is 0.413 e. The number of hydrogen-bond donors (Lipinski definition) is 5. The van der Waals surface area contributed by atoms with Crippen LogP contribution in [0.4, 0.5) is 14.7 Å². The predicted octanol–water partition coefficient (Wildman–Crippen LogP) is -0.164. The van der Waals surface area contributed by atoms with Crippen LogP contribution in [0.5, 0.6) is 0 Å². The number of nitrogens with zero attached hydrogens (tertiary/aromatic N) is 3. The highest BCUT2D eigenvalue weighted by Crippen LogP contribution is 2.40. The minimum absolute atomic E-state index is 0.00931. The third kappa shape index (κ3) is 6.07. The Hall–Kier alpha value is -3.95. The van der Waals surface area contributed by atoms with E-state index in [-0.39, 0.29) is 42.0 Å². The van der Waals surface area contributed by atoms with Crippen LogP contribution in [0.2, 0.25) is 0 Å². The number of aliphatic carboxylic acids is 1. The number of thiazole rings is 1. The van der Waals surface area contributed by atoms with E-state index in [1.807, 2.05) is 0 Å². The fourth-order valence-corrected chi connectivity index (χ4v) is 4.20. The van der Waals surface area contributed by atoms with E-state index in [0.717, 1.165) is 11.3 Å². The fourth-order valence-electron chi connectivity index (χ4n) is 3.52. The van der Waals surface area contributed by atoms with Gasteiger partial charge in [0.2, 0.25) is 11.5 Å². The highest BCUT2D eigenvalue weighted by molar-refractivity contribution is 7.14. The van der Waals surface area contributed by atoms with Crippen molar-refractivity contribution in [2.24, 2.45) is 5.16 Å². The van der Waals surface area contributed by atoms with Crippen molar-refractivity contribution < 1.29 is 38.7 Å². The summed E-state index contributed by atoms with van der Waals surface area (Å²) in [5.41, 5.74) is -2.66. The third-order valence-electron chi connectivity index (χ3n) is 5.64. The van der Waals surface area contributed by atoms with Crippen LogP contribution in [-0.4, -0.2) is 93.5 Å². The number of ether oxygens (including phenoxy) is 1. The van der Waals surface area contributed by atoms with E-state index in [1.54, 1.807) is 20.8 Å². The van der Waals surface area contributed by atoms with Gasteiger partial charge in [-0.2, -0.15) is 0 Å². The molecule has 3 aliphatic rings. The first-order valence-electron chi connectivity index (χ1n) is 11.5. The standard InChI is InChI=1S/C21H27N7O8S/c1-20(2,3)35-19(34)26-17-24-11(9-37-17)13(27-36-21(4-5-21)16(31)32)15(30)25-12-10(23-14(12)29)8-28-7-6-22-18(28)33/h9-10,12H,4-8H2,1-3H3,(H,22,33)(H,23,29)(H,25,30)(H,31,32)(H,24,26,34)/t10-,12-/m0/s1. The SMILES string of the molecule is CC(C)(C)OC(=O)Nc1nc(C(=NOC2(C(=O)O)CC2)C(=O)N[C@@H]2C(=O)N[C@H]2CN2CCNC2=O)cs1. The normalized spacial score (nSPS) is 22.4. The molecular formula is C21H27N7O8S. The van der Waals surface area contributed by atoms with E-state index in [0.29, 0.717) is 13.1 Å². The second-order valence-corrected chi connectivity index (χ2v) is 10.6. The number of anilines is 1. The molecule has 37 heavy (non-hydrogen) atoms. The largest absolute Gasteiger partial charge is 0.478 e. The van der Waals surface area contributed by atoms with Crippen molar-refractivity contribution >= 4 is 52.1 Å². The van der Waals surface area contributed by atoms with Crippen LogP contribution in [0.25, 0.3) is 0 Å². The number of urea groups is 1. The lowest BCUT2D eigenvalue weighted by Crippen LogP contribution is -2.72. The maximum absolute atomic E-state index is 13.2. The van der Waals surface area contributed by atoms with Crippen LogP contribution >= 0.6 is 11.3 Å². The number of aromatic nitrogens is 1. The minimum Gasteiger partial charge on any atom is -0.478 e. The summed E-state index contributed by atoms with van der Waals surface area (Å²) in [6, 6.07) is -1.76. The summed E-state index contributed by atoms with van der Waals surface area (Å²) in [5.74, 6) is -2.51. The molecule has 200 valence electrons. The molecule has 16 heteroatoms. The molecule has 15 nitrogen and oxygen atoms in total. The van der Waals surface area contributed by atoms with Gasteiger partial charge in [-0.3, -0.25) is 14.9 Å². The van der Waals surface area contributed by atoms with Crippen molar-refractivity contribution in [1.29, 1.82) is 0 Å². The van der Waals surface area contributed by atoms with Crippen LogP contribution in [-0.2, 0) is 24.0 Å². The Labute approximate surface area is 214 Å². The van der Waals surface area contributed by atoms with Crippen LogP contribution in [0.1, 0.15) is 39.3 Å². The molecule has 2 aliphatic heterocycles. The molecule has 0 spiro atoms. The summed E-state index contributed by atoms with van der Waals surface area (Å²) in [4.78, 5) is 71.7. The Morgan fingerprint density at radius 3 is 2.62 bits per heavy atom. The molecule has 2 saturated heterocycles. The summed E-state index contributed by atoms with van der Waals surface area (Å²) in [7, 11) is 0. The van der Waals surface area contributed by atoms with Gasteiger partial charge in [-0.25, -0.2) is 19.4 Å². The summed E-state index contributed by atoms with van der Waals surface area (Å²) in [6.07, 6.45) is -0.321. The van der Waals surface area contributed by atoms with Gasteiger partial charge in [0.05, 0.1) is 6.04 Å². The van der Waals surface area contributed by atoms with Crippen molar-refractivity contribution in [3.63, 3.8) is 0 Å². The Morgan fingerprint density at radius 2 is 2.05 bits per heavy atom.